The van der Waals surface area contributed by atoms with Crippen molar-refractivity contribution in [3.8, 4) is 5.75 Å². The van der Waals surface area contributed by atoms with Gasteiger partial charge in [0.2, 0.25) is 0 Å². The number of hydrogen-bond donors (Lipinski definition) is 1. The highest BCUT2D eigenvalue weighted by Gasteiger charge is 2.36. The molecule has 0 atom stereocenters. The molecule has 1 aliphatic rings. The van der Waals surface area contributed by atoms with E-state index in [2.05, 4.69) is 21.2 Å². The highest BCUT2D eigenvalue weighted by atomic mass is 79.9. The largest absolute Gasteiger partial charge is 0.496 e. The molecule has 0 aliphatic carbocycles. The third-order valence-electron chi connectivity index (χ3n) is 4.61. The minimum absolute atomic E-state index is 0.125. The summed E-state index contributed by atoms with van der Waals surface area (Å²) in [4.78, 5) is 38.8. The molecular formula is C22H15BrN2O4. The molecule has 4 amide bonds. The van der Waals surface area contributed by atoms with Gasteiger partial charge in [0, 0.05) is 9.86 Å². The van der Waals surface area contributed by atoms with Gasteiger partial charge in [-0.25, -0.2) is 9.69 Å². The molecule has 3 aromatic carbocycles. The molecular weight excluding hydrogens is 436 g/mol. The zero-order valence-corrected chi connectivity index (χ0v) is 16.9. The van der Waals surface area contributed by atoms with E-state index in [1.165, 1.54) is 6.08 Å². The Labute approximate surface area is 174 Å². The second-order valence-electron chi connectivity index (χ2n) is 6.34. The van der Waals surface area contributed by atoms with Gasteiger partial charge < -0.3 is 4.74 Å². The Morgan fingerprint density at radius 3 is 2.45 bits per heavy atom. The van der Waals surface area contributed by atoms with Crippen LogP contribution < -0.4 is 15.0 Å². The number of urea groups is 1. The van der Waals surface area contributed by atoms with Crippen molar-refractivity contribution in [2.24, 2.45) is 0 Å². The van der Waals surface area contributed by atoms with Crippen molar-refractivity contribution in [1.82, 2.24) is 5.32 Å². The maximum absolute atomic E-state index is 13.1. The number of nitrogens with zero attached hydrogens (tertiary/aromatic N) is 1. The van der Waals surface area contributed by atoms with Crippen molar-refractivity contribution in [2.75, 3.05) is 12.0 Å². The maximum Gasteiger partial charge on any atom is 0.335 e. The lowest BCUT2D eigenvalue weighted by Crippen LogP contribution is -2.54. The summed E-state index contributed by atoms with van der Waals surface area (Å²) in [6, 6.07) is 17.0. The molecule has 0 unspecified atom stereocenters. The number of hydrogen-bond acceptors (Lipinski definition) is 4. The van der Waals surface area contributed by atoms with Crippen LogP contribution >= 0.6 is 15.9 Å². The number of methoxy groups -OCH3 is 1. The fourth-order valence-corrected chi connectivity index (χ4v) is 3.65. The number of carbonyl (C=O) groups excluding carboxylic acids is 3. The van der Waals surface area contributed by atoms with Gasteiger partial charge in [0.15, 0.2) is 0 Å². The number of fused-ring (bicyclic) bond motifs is 1. The van der Waals surface area contributed by atoms with Crippen LogP contribution in [0.1, 0.15) is 5.56 Å². The van der Waals surface area contributed by atoms with E-state index in [0.717, 1.165) is 15.7 Å². The summed E-state index contributed by atoms with van der Waals surface area (Å²) in [7, 11) is 1.58. The van der Waals surface area contributed by atoms with Gasteiger partial charge in [-0.1, -0.05) is 52.3 Å². The van der Waals surface area contributed by atoms with E-state index in [-0.39, 0.29) is 5.57 Å². The fourth-order valence-electron chi connectivity index (χ4n) is 3.26. The number of imide groups is 2. The second-order valence-corrected chi connectivity index (χ2v) is 7.26. The van der Waals surface area contributed by atoms with Crippen molar-refractivity contribution in [1.29, 1.82) is 0 Å². The van der Waals surface area contributed by atoms with E-state index in [9.17, 15) is 14.4 Å². The number of halogens is 1. The first-order chi connectivity index (χ1) is 14.0. The van der Waals surface area contributed by atoms with Crippen molar-refractivity contribution in [3.05, 3.63) is 76.3 Å². The van der Waals surface area contributed by atoms with Crippen LogP contribution in [0.4, 0.5) is 10.5 Å². The van der Waals surface area contributed by atoms with Gasteiger partial charge >= 0.3 is 6.03 Å². The molecule has 0 bridgehead atoms. The van der Waals surface area contributed by atoms with Gasteiger partial charge in [0.25, 0.3) is 11.8 Å². The second kappa shape index (κ2) is 7.52. The van der Waals surface area contributed by atoms with Crippen molar-refractivity contribution >= 4 is 56.3 Å². The highest BCUT2D eigenvalue weighted by molar-refractivity contribution is 9.10. The monoisotopic (exact) mass is 450 g/mol. The molecule has 0 saturated carbocycles. The average Bonchev–Trinajstić information content (AvgIpc) is 2.71. The molecule has 1 saturated heterocycles. The van der Waals surface area contributed by atoms with Crippen LogP contribution in [0.3, 0.4) is 0 Å². The standard InChI is InChI=1S/C22H15BrN2O4/c1-29-19-10-9-13(16-7-2-3-8-17(16)19)11-18-20(26)24-22(28)25(21(18)27)15-6-4-5-14(23)12-15/h2-12H,1H3,(H,24,26,28)/b18-11-. The predicted octanol–water partition coefficient (Wildman–Crippen LogP) is 4.28. The molecule has 1 heterocycles. The smallest absolute Gasteiger partial charge is 0.335 e. The number of nitrogens with one attached hydrogen (secondary N) is 1. The summed E-state index contributed by atoms with van der Waals surface area (Å²) in [5.41, 5.74) is 0.906. The molecule has 29 heavy (non-hydrogen) atoms. The van der Waals surface area contributed by atoms with Gasteiger partial charge in [-0.05, 0) is 41.3 Å². The van der Waals surface area contributed by atoms with E-state index in [4.69, 9.17) is 4.74 Å². The summed E-state index contributed by atoms with van der Waals surface area (Å²) in [6.45, 7) is 0. The maximum atomic E-state index is 13.1. The summed E-state index contributed by atoms with van der Waals surface area (Å²) < 4.78 is 6.10. The Kier molecular flexibility index (Phi) is 4.90. The van der Waals surface area contributed by atoms with E-state index in [0.29, 0.717) is 21.5 Å². The van der Waals surface area contributed by atoms with E-state index < -0.39 is 17.8 Å². The number of ether oxygens (including phenoxy) is 1. The van der Waals surface area contributed by atoms with Crippen molar-refractivity contribution in [2.45, 2.75) is 0 Å². The summed E-state index contributed by atoms with van der Waals surface area (Å²) >= 11 is 3.33. The topological polar surface area (TPSA) is 75.7 Å². The SMILES string of the molecule is COc1ccc(/C=C2/C(=O)NC(=O)N(c3cccc(Br)c3)C2=O)c2ccccc12. The molecule has 0 spiro atoms. The van der Waals surface area contributed by atoms with Crippen LogP contribution in [0.15, 0.2) is 70.7 Å². The van der Waals surface area contributed by atoms with Crippen LogP contribution in [-0.4, -0.2) is 25.0 Å². The molecule has 0 radical (unpaired) electrons. The lowest BCUT2D eigenvalue weighted by molar-refractivity contribution is -0.122. The Morgan fingerprint density at radius 2 is 1.72 bits per heavy atom. The molecule has 0 aromatic heterocycles. The molecule has 6 nitrogen and oxygen atoms in total. The first-order valence-electron chi connectivity index (χ1n) is 8.72. The van der Waals surface area contributed by atoms with Gasteiger partial charge in [-0.15, -0.1) is 0 Å². The summed E-state index contributed by atoms with van der Waals surface area (Å²) in [5.74, 6) is -0.726. The first kappa shape index (κ1) is 18.9. The molecule has 1 fully saturated rings. The minimum Gasteiger partial charge on any atom is -0.496 e. The lowest BCUT2D eigenvalue weighted by atomic mass is 10.00. The van der Waals surface area contributed by atoms with E-state index in [1.54, 1.807) is 43.5 Å². The lowest BCUT2D eigenvalue weighted by Gasteiger charge is -2.26. The third-order valence-corrected chi connectivity index (χ3v) is 5.10. The number of carbonyl (C=O) groups is 3. The Morgan fingerprint density at radius 1 is 0.966 bits per heavy atom. The summed E-state index contributed by atoms with van der Waals surface area (Å²) in [5, 5.41) is 3.92. The first-order valence-corrected chi connectivity index (χ1v) is 9.51. The number of barbiturate groups is 1. The number of benzene rings is 3. The molecule has 144 valence electrons. The zero-order chi connectivity index (χ0) is 20.5. The summed E-state index contributed by atoms with van der Waals surface area (Å²) in [6.07, 6.45) is 1.50. The van der Waals surface area contributed by atoms with Crippen LogP contribution in [0.2, 0.25) is 0 Å². The number of amides is 4. The normalized spacial score (nSPS) is 15.7. The third kappa shape index (κ3) is 3.40. The van der Waals surface area contributed by atoms with Gasteiger partial charge in [-0.2, -0.15) is 0 Å². The van der Waals surface area contributed by atoms with Crippen molar-refractivity contribution < 1.29 is 19.1 Å². The van der Waals surface area contributed by atoms with Crippen LogP contribution in [-0.2, 0) is 9.59 Å². The predicted molar refractivity (Wildman–Crippen MR) is 114 cm³/mol. The fraction of sp³-hybridized carbons (Fsp3) is 0.0455. The number of rotatable bonds is 3. The van der Waals surface area contributed by atoms with Crippen molar-refractivity contribution in [3.63, 3.8) is 0 Å². The van der Waals surface area contributed by atoms with Crippen LogP contribution in [0.5, 0.6) is 5.75 Å². The average molecular weight is 451 g/mol. The van der Waals surface area contributed by atoms with Gasteiger partial charge in [0.1, 0.15) is 11.3 Å². The van der Waals surface area contributed by atoms with E-state index >= 15 is 0 Å². The molecule has 4 rings (SSSR count). The molecule has 1 aliphatic heterocycles. The van der Waals surface area contributed by atoms with Gasteiger partial charge in [0.05, 0.1) is 12.8 Å². The van der Waals surface area contributed by atoms with E-state index in [1.807, 2.05) is 24.3 Å². The molecule has 3 aromatic rings. The molecule has 7 heteroatoms. The Hall–Kier alpha value is -3.45. The minimum atomic E-state index is -0.783. The number of anilines is 1. The van der Waals surface area contributed by atoms with Crippen LogP contribution in [0.25, 0.3) is 16.8 Å². The Balaban J connectivity index is 1.83. The quantitative estimate of drug-likeness (QED) is 0.477. The Bertz CT molecular complexity index is 1200. The van der Waals surface area contributed by atoms with Crippen LogP contribution in [0, 0.1) is 0 Å². The van der Waals surface area contributed by atoms with Gasteiger partial charge in [-0.3, -0.25) is 14.9 Å². The molecule has 1 N–H and O–H groups in total. The highest BCUT2D eigenvalue weighted by Crippen LogP contribution is 2.31. The zero-order valence-electron chi connectivity index (χ0n) is 15.3.